The molecule has 0 aliphatic heterocycles. The van der Waals surface area contributed by atoms with Gasteiger partial charge in [0, 0.05) is 13.1 Å². The van der Waals surface area contributed by atoms with Crippen molar-refractivity contribution in [3.05, 3.63) is 48.0 Å². The standard InChI is InChI=1S/C18H25FN2O3/c1-3-15(19)18(2,24)11-7-12-20-16(22)17(23)21-13-10-14-8-5-4-6-9-14/h4-9,11,15,24H,3,10,12-13H2,1-2H3,(H,20,22)(H,21,23)/b11-7-. The molecule has 2 atom stereocenters. The van der Waals surface area contributed by atoms with Gasteiger partial charge in [0.25, 0.3) is 0 Å². The van der Waals surface area contributed by atoms with Crippen LogP contribution in [0.15, 0.2) is 42.5 Å². The van der Waals surface area contributed by atoms with Gasteiger partial charge < -0.3 is 15.7 Å². The fourth-order valence-electron chi connectivity index (χ4n) is 2.09. The molecule has 0 fully saturated rings. The van der Waals surface area contributed by atoms with Crippen LogP contribution in [0.3, 0.4) is 0 Å². The third kappa shape index (κ3) is 6.91. The van der Waals surface area contributed by atoms with Gasteiger partial charge in [-0.3, -0.25) is 9.59 Å². The molecule has 0 aliphatic rings. The second-order valence-corrected chi connectivity index (χ2v) is 5.71. The molecule has 2 unspecified atom stereocenters. The van der Waals surface area contributed by atoms with Gasteiger partial charge in [0.1, 0.15) is 11.8 Å². The van der Waals surface area contributed by atoms with Crippen LogP contribution in [0.25, 0.3) is 0 Å². The third-order valence-corrected chi connectivity index (χ3v) is 3.58. The Kier molecular flexibility index (Phi) is 8.12. The predicted octanol–water partition coefficient (Wildman–Crippen LogP) is 1.52. The molecule has 0 bridgehead atoms. The molecule has 0 aromatic heterocycles. The van der Waals surface area contributed by atoms with Gasteiger partial charge in [0.2, 0.25) is 0 Å². The van der Waals surface area contributed by atoms with E-state index in [1.807, 2.05) is 30.3 Å². The Balaban J connectivity index is 2.28. The van der Waals surface area contributed by atoms with Crippen LogP contribution in [-0.4, -0.2) is 41.8 Å². The largest absolute Gasteiger partial charge is 0.383 e. The molecular formula is C18H25FN2O3. The summed E-state index contributed by atoms with van der Waals surface area (Å²) >= 11 is 0. The van der Waals surface area contributed by atoms with Crippen molar-refractivity contribution in [2.24, 2.45) is 0 Å². The molecule has 5 nitrogen and oxygen atoms in total. The van der Waals surface area contributed by atoms with Crippen LogP contribution in [-0.2, 0) is 16.0 Å². The first-order valence-electron chi connectivity index (χ1n) is 8.01. The third-order valence-electron chi connectivity index (χ3n) is 3.58. The van der Waals surface area contributed by atoms with E-state index in [-0.39, 0.29) is 13.0 Å². The summed E-state index contributed by atoms with van der Waals surface area (Å²) in [7, 11) is 0. The molecule has 6 heteroatoms. The topological polar surface area (TPSA) is 78.4 Å². The van der Waals surface area contributed by atoms with Crippen molar-refractivity contribution < 1.29 is 19.1 Å². The number of hydrogen-bond acceptors (Lipinski definition) is 3. The van der Waals surface area contributed by atoms with Crippen LogP contribution in [0, 0.1) is 0 Å². The average Bonchev–Trinajstić information content (AvgIpc) is 2.58. The lowest BCUT2D eigenvalue weighted by Gasteiger charge is -2.22. The van der Waals surface area contributed by atoms with E-state index in [0.717, 1.165) is 5.56 Å². The van der Waals surface area contributed by atoms with Gasteiger partial charge in [-0.2, -0.15) is 0 Å². The summed E-state index contributed by atoms with van der Waals surface area (Å²) in [5, 5.41) is 14.7. The maximum absolute atomic E-state index is 13.5. The number of nitrogens with one attached hydrogen (secondary N) is 2. The zero-order chi connectivity index (χ0) is 18.0. The van der Waals surface area contributed by atoms with Crippen molar-refractivity contribution in [3.63, 3.8) is 0 Å². The number of aliphatic hydroxyl groups is 1. The molecule has 0 spiro atoms. The molecule has 2 amide bonds. The van der Waals surface area contributed by atoms with Crippen molar-refractivity contribution in [2.45, 2.75) is 38.5 Å². The van der Waals surface area contributed by atoms with Crippen molar-refractivity contribution in [1.82, 2.24) is 10.6 Å². The van der Waals surface area contributed by atoms with E-state index >= 15 is 0 Å². The molecule has 3 N–H and O–H groups in total. The van der Waals surface area contributed by atoms with E-state index in [0.29, 0.717) is 13.0 Å². The Hall–Kier alpha value is -2.21. The van der Waals surface area contributed by atoms with Crippen LogP contribution < -0.4 is 10.6 Å². The van der Waals surface area contributed by atoms with E-state index in [4.69, 9.17) is 0 Å². The number of rotatable bonds is 8. The minimum absolute atomic E-state index is 0.0392. The Morgan fingerprint density at radius 3 is 2.50 bits per heavy atom. The number of halogens is 1. The van der Waals surface area contributed by atoms with Crippen molar-refractivity contribution in [1.29, 1.82) is 0 Å². The van der Waals surface area contributed by atoms with Crippen LogP contribution >= 0.6 is 0 Å². The fourth-order valence-corrected chi connectivity index (χ4v) is 2.09. The molecule has 0 aliphatic carbocycles. The Labute approximate surface area is 142 Å². The summed E-state index contributed by atoms with van der Waals surface area (Å²) in [6, 6.07) is 9.61. The summed E-state index contributed by atoms with van der Waals surface area (Å²) in [4.78, 5) is 23.2. The highest BCUT2D eigenvalue weighted by atomic mass is 19.1. The highest BCUT2D eigenvalue weighted by molar-refractivity contribution is 6.35. The smallest absolute Gasteiger partial charge is 0.309 e. The van der Waals surface area contributed by atoms with Crippen molar-refractivity contribution in [3.8, 4) is 0 Å². The molecule has 132 valence electrons. The fraction of sp³-hybridized carbons (Fsp3) is 0.444. The van der Waals surface area contributed by atoms with Crippen molar-refractivity contribution in [2.75, 3.05) is 13.1 Å². The monoisotopic (exact) mass is 336 g/mol. The lowest BCUT2D eigenvalue weighted by atomic mass is 9.98. The normalized spacial score (nSPS) is 14.8. The Morgan fingerprint density at radius 1 is 1.25 bits per heavy atom. The summed E-state index contributed by atoms with van der Waals surface area (Å²) in [6.45, 7) is 3.39. The highest BCUT2D eigenvalue weighted by Crippen LogP contribution is 2.17. The zero-order valence-corrected chi connectivity index (χ0v) is 14.1. The maximum atomic E-state index is 13.5. The summed E-state index contributed by atoms with van der Waals surface area (Å²) in [5.41, 5.74) is -0.516. The van der Waals surface area contributed by atoms with Gasteiger partial charge in [-0.1, -0.05) is 49.4 Å². The summed E-state index contributed by atoms with van der Waals surface area (Å²) < 4.78 is 13.5. The highest BCUT2D eigenvalue weighted by Gasteiger charge is 2.27. The zero-order valence-electron chi connectivity index (χ0n) is 14.1. The number of carbonyl (C=O) groups is 2. The second kappa shape index (κ2) is 9.82. The summed E-state index contributed by atoms with van der Waals surface area (Å²) in [5.74, 6) is -1.48. The first kappa shape index (κ1) is 19.8. The van der Waals surface area contributed by atoms with Crippen LogP contribution in [0.1, 0.15) is 25.8 Å². The maximum Gasteiger partial charge on any atom is 0.309 e. The molecule has 24 heavy (non-hydrogen) atoms. The molecule has 0 saturated heterocycles. The molecule has 1 aromatic rings. The number of benzene rings is 1. The number of carbonyl (C=O) groups excluding carboxylic acids is 2. The van der Waals surface area contributed by atoms with Crippen LogP contribution in [0.5, 0.6) is 0 Å². The van der Waals surface area contributed by atoms with E-state index in [1.165, 1.54) is 19.1 Å². The van der Waals surface area contributed by atoms with E-state index in [2.05, 4.69) is 10.6 Å². The van der Waals surface area contributed by atoms with Crippen LogP contribution in [0.2, 0.25) is 0 Å². The lowest BCUT2D eigenvalue weighted by molar-refractivity contribution is -0.139. The Bertz CT molecular complexity index is 559. The minimum atomic E-state index is -1.59. The van der Waals surface area contributed by atoms with Gasteiger partial charge in [-0.25, -0.2) is 4.39 Å². The van der Waals surface area contributed by atoms with Gasteiger partial charge in [0.15, 0.2) is 0 Å². The number of hydrogen-bond donors (Lipinski definition) is 3. The SMILES string of the molecule is CCC(F)C(C)(O)/C=C\CNC(=O)C(=O)NCCc1ccccc1. The quantitative estimate of drug-likeness (QED) is 0.497. The first-order chi connectivity index (χ1) is 11.4. The average molecular weight is 336 g/mol. The second-order valence-electron chi connectivity index (χ2n) is 5.71. The molecule has 1 rings (SSSR count). The minimum Gasteiger partial charge on any atom is -0.383 e. The van der Waals surface area contributed by atoms with Gasteiger partial charge in [0.05, 0.1) is 0 Å². The Morgan fingerprint density at radius 2 is 1.88 bits per heavy atom. The van der Waals surface area contributed by atoms with E-state index < -0.39 is 23.6 Å². The molecule has 0 heterocycles. The number of alkyl halides is 1. The van der Waals surface area contributed by atoms with Gasteiger partial charge >= 0.3 is 11.8 Å². The van der Waals surface area contributed by atoms with Gasteiger partial charge in [-0.15, -0.1) is 0 Å². The number of amides is 2. The first-order valence-corrected chi connectivity index (χ1v) is 8.01. The predicted molar refractivity (Wildman–Crippen MR) is 91.1 cm³/mol. The van der Waals surface area contributed by atoms with E-state index in [1.54, 1.807) is 6.92 Å². The molecule has 0 saturated carbocycles. The summed E-state index contributed by atoms with van der Waals surface area (Å²) in [6.07, 6.45) is 2.16. The van der Waals surface area contributed by atoms with Gasteiger partial charge in [-0.05, 0) is 25.3 Å². The molecule has 0 radical (unpaired) electrons. The van der Waals surface area contributed by atoms with Crippen LogP contribution in [0.4, 0.5) is 4.39 Å². The van der Waals surface area contributed by atoms with E-state index in [9.17, 15) is 19.1 Å². The molecular weight excluding hydrogens is 311 g/mol. The van der Waals surface area contributed by atoms with Crippen molar-refractivity contribution >= 4 is 11.8 Å². The lowest BCUT2D eigenvalue weighted by Crippen LogP contribution is -2.41. The molecule has 1 aromatic carbocycles.